The van der Waals surface area contributed by atoms with Crippen molar-refractivity contribution >= 4 is 5.97 Å². The van der Waals surface area contributed by atoms with Crippen LogP contribution in [0.3, 0.4) is 0 Å². The van der Waals surface area contributed by atoms with Gasteiger partial charge in [0.15, 0.2) is 0 Å². The molecule has 0 bridgehead atoms. The van der Waals surface area contributed by atoms with Gasteiger partial charge in [-0.1, -0.05) is 97.3 Å². The fourth-order valence-corrected chi connectivity index (χ4v) is 3.14. The van der Waals surface area contributed by atoms with E-state index in [0.29, 0.717) is 12.8 Å². The molecule has 0 amide bonds. The lowest BCUT2D eigenvalue weighted by Crippen LogP contribution is -2.28. The van der Waals surface area contributed by atoms with Gasteiger partial charge in [0.2, 0.25) is 0 Å². The van der Waals surface area contributed by atoms with E-state index in [4.69, 9.17) is 0 Å². The summed E-state index contributed by atoms with van der Waals surface area (Å²) in [7, 11) is 0. The van der Waals surface area contributed by atoms with Gasteiger partial charge in [-0.2, -0.15) is 0 Å². The van der Waals surface area contributed by atoms with Crippen molar-refractivity contribution in [3.05, 3.63) is 0 Å². The first-order valence-electron chi connectivity index (χ1n) is 10.0. The van der Waals surface area contributed by atoms with Gasteiger partial charge in [-0.15, -0.1) is 0 Å². The molecule has 0 rings (SSSR count). The summed E-state index contributed by atoms with van der Waals surface area (Å²) in [4.78, 5) is 11.4. The predicted molar refractivity (Wildman–Crippen MR) is 97.7 cm³/mol. The first kappa shape index (κ1) is 22.4. The second-order valence-corrected chi connectivity index (χ2v) is 6.98. The molecule has 0 spiro atoms. The second kappa shape index (κ2) is 16.3. The number of aliphatic hydroxyl groups is 1. The highest BCUT2D eigenvalue weighted by molar-refractivity contribution is 5.70. The first-order valence-corrected chi connectivity index (χ1v) is 10.0. The Morgan fingerprint density at radius 1 is 0.696 bits per heavy atom. The van der Waals surface area contributed by atoms with Crippen molar-refractivity contribution in [1.29, 1.82) is 0 Å². The topological polar surface area (TPSA) is 57.5 Å². The minimum absolute atomic E-state index is 0.568. The summed E-state index contributed by atoms with van der Waals surface area (Å²) >= 11 is 0. The quantitative estimate of drug-likeness (QED) is 0.325. The molecule has 3 nitrogen and oxygen atoms in total. The summed E-state index contributed by atoms with van der Waals surface area (Å²) in [5.74, 6) is -1.39. The van der Waals surface area contributed by atoms with E-state index in [1.807, 2.05) is 0 Å². The minimum Gasteiger partial charge on any atom is -0.481 e. The Morgan fingerprint density at radius 2 is 1.09 bits per heavy atom. The first-order chi connectivity index (χ1) is 11.1. The number of hydrogen-bond acceptors (Lipinski definition) is 2. The predicted octanol–water partition coefficient (Wildman–Crippen LogP) is 5.94. The van der Waals surface area contributed by atoms with E-state index in [-0.39, 0.29) is 0 Å². The molecule has 0 fully saturated rings. The van der Waals surface area contributed by atoms with Crippen LogP contribution in [0, 0.1) is 5.92 Å². The van der Waals surface area contributed by atoms with Crippen LogP contribution in [0.15, 0.2) is 0 Å². The Bertz CT molecular complexity index is 266. The number of carboxylic acid groups (broad SMARTS) is 1. The third-order valence-electron chi connectivity index (χ3n) is 4.75. The molecule has 3 heteroatoms. The summed E-state index contributed by atoms with van der Waals surface area (Å²) in [6.07, 6.45) is 16.0. The molecule has 0 heterocycles. The summed E-state index contributed by atoms with van der Waals surface area (Å²) in [6, 6.07) is 0. The molecular weight excluding hydrogens is 288 g/mol. The van der Waals surface area contributed by atoms with Gasteiger partial charge in [0.1, 0.15) is 0 Å². The van der Waals surface area contributed by atoms with Crippen molar-refractivity contribution in [3.63, 3.8) is 0 Å². The molecule has 0 saturated heterocycles. The van der Waals surface area contributed by atoms with Gasteiger partial charge in [0.05, 0.1) is 12.0 Å². The molecule has 0 aliphatic rings. The molecule has 0 saturated carbocycles. The minimum atomic E-state index is -0.825. The van der Waals surface area contributed by atoms with E-state index in [9.17, 15) is 15.0 Å². The van der Waals surface area contributed by atoms with Crippen molar-refractivity contribution in [2.45, 2.75) is 116 Å². The van der Waals surface area contributed by atoms with Crippen LogP contribution in [0.4, 0.5) is 0 Å². The van der Waals surface area contributed by atoms with E-state index in [1.54, 1.807) is 0 Å². The molecule has 0 aliphatic heterocycles. The third kappa shape index (κ3) is 13.6. The number of rotatable bonds is 17. The normalized spacial score (nSPS) is 13.9. The molecule has 2 N–H and O–H groups in total. The average molecular weight is 329 g/mol. The van der Waals surface area contributed by atoms with Crippen molar-refractivity contribution in [2.75, 3.05) is 0 Å². The van der Waals surface area contributed by atoms with Crippen molar-refractivity contribution in [1.82, 2.24) is 0 Å². The van der Waals surface area contributed by atoms with Crippen LogP contribution in [-0.2, 0) is 4.79 Å². The van der Waals surface area contributed by atoms with E-state index >= 15 is 0 Å². The number of aliphatic hydroxyl groups excluding tert-OH is 1. The maximum absolute atomic E-state index is 11.4. The molecule has 0 unspecified atom stereocenters. The smallest absolute Gasteiger partial charge is 0.309 e. The molecule has 23 heavy (non-hydrogen) atoms. The Labute approximate surface area is 143 Å². The number of unbranched alkanes of at least 4 members (excludes halogenated alkanes) is 11. The zero-order valence-electron chi connectivity index (χ0n) is 15.6. The van der Waals surface area contributed by atoms with Crippen LogP contribution in [0.1, 0.15) is 110 Å². The fraction of sp³-hybridized carbons (Fsp3) is 0.950. The molecule has 2 atom stereocenters. The largest absolute Gasteiger partial charge is 0.481 e. The highest BCUT2D eigenvalue weighted by atomic mass is 16.4. The molecule has 0 radical (unpaired) electrons. The maximum Gasteiger partial charge on any atom is 0.309 e. The summed E-state index contributed by atoms with van der Waals surface area (Å²) in [5, 5.41) is 19.5. The van der Waals surface area contributed by atoms with Crippen molar-refractivity contribution < 1.29 is 15.0 Å². The monoisotopic (exact) mass is 328 g/mol. The van der Waals surface area contributed by atoms with Crippen molar-refractivity contribution in [2.24, 2.45) is 5.92 Å². The Morgan fingerprint density at radius 3 is 1.52 bits per heavy atom. The molecular formula is C20H40O3. The van der Waals surface area contributed by atoms with E-state index in [2.05, 4.69) is 13.8 Å². The molecule has 0 aliphatic carbocycles. The van der Waals surface area contributed by atoms with Gasteiger partial charge in [-0.3, -0.25) is 4.79 Å². The highest BCUT2D eigenvalue weighted by Crippen LogP contribution is 2.20. The molecule has 0 aromatic heterocycles. The lowest BCUT2D eigenvalue weighted by molar-refractivity contribution is -0.146. The summed E-state index contributed by atoms with van der Waals surface area (Å²) in [5.41, 5.74) is 0. The average Bonchev–Trinajstić information content (AvgIpc) is 2.52. The number of carbonyl (C=O) groups is 1. The Kier molecular flexibility index (Phi) is 15.9. The summed E-state index contributed by atoms with van der Waals surface area (Å²) < 4.78 is 0. The number of carboxylic acids is 1. The van der Waals surface area contributed by atoms with E-state index in [0.717, 1.165) is 25.7 Å². The van der Waals surface area contributed by atoms with E-state index < -0.39 is 18.0 Å². The van der Waals surface area contributed by atoms with Crippen LogP contribution >= 0.6 is 0 Å². The third-order valence-corrected chi connectivity index (χ3v) is 4.75. The van der Waals surface area contributed by atoms with Crippen LogP contribution in [0.5, 0.6) is 0 Å². The summed E-state index contributed by atoms with van der Waals surface area (Å²) in [6.45, 7) is 4.41. The van der Waals surface area contributed by atoms with Crippen LogP contribution < -0.4 is 0 Å². The standard InChI is InChI=1S/C20H40O3/c1-3-5-7-9-11-13-15-17-19(21)18(20(22)23)16-14-12-10-8-6-4-2/h18-19,21H,3-17H2,1-2H3,(H,22,23)/t18-,19+/m1/s1. The van der Waals surface area contributed by atoms with Gasteiger partial charge in [0.25, 0.3) is 0 Å². The van der Waals surface area contributed by atoms with Crippen LogP contribution in [0.25, 0.3) is 0 Å². The zero-order chi connectivity index (χ0) is 17.3. The Hall–Kier alpha value is -0.570. The lowest BCUT2D eigenvalue weighted by Gasteiger charge is -2.19. The Balaban J connectivity index is 3.75. The maximum atomic E-state index is 11.4. The van der Waals surface area contributed by atoms with E-state index in [1.165, 1.54) is 57.8 Å². The number of hydrogen-bond donors (Lipinski definition) is 2. The highest BCUT2D eigenvalue weighted by Gasteiger charge is 2.25. The van der Waals surface area contributed by atoms with Crippen LogP contribution in [0.2, 0.25) is 0 Å². The zero-order valence-corrected chi connectivity index (χ0v) is 15.6. The fourth-order valence-electron chi connectivity index (χ4n) is 3.14. The molecule has 138 valence electrons. The second-order valence-electron chi connectivity index (χ2n) is 6.98. The van der Waals surface area contributed by atoms with Gasteiger partial charge >= 0.3 is 5.97 Å². The van der Waals surface area contributed by atoms with Gasteiger partial charge in [-0.25, -0.2) is 0 Å². The van der Waals surface area contributed by atoms with Gasteiger partial charge in [-0.05, 0) is 12.8 Å². The SMILES string of the molecule is CCCCCCCCC[C@H](O)[C@@H](CCCCCCCC)C(=O)O. The van der Waals surface area contributed by atoms with Gasteiger partial charge in [0, 0.05) is 0 Å². The molecule has 0 aromatic carbocycles. The number of aliphatic carboxylic acids is 1. The molecule has 0 aromatic rings. The van der Waals surface area contributed by atoms with Crippen LogP contribution in [-0.4, -0.2) is 22.3 Å². The van der Waals surface area contributed by atoms with Gasteiger partial charge < -0.3 is 10.2 Å². The van der Waals surface area contributed by atoms with Crippen molar-refractivity contribution in [3.8, 4) is 0 Å². The lowest BCUT2D eigenvalue weighted by atomic mass is 9.91.